The van der Waals surface area contributed by atoms with Crippen molar-refractivity contribution >= 4 is 64.4 Å². The molecule has 9 fully saturated rings. The Morgan fingerprint density at radius 3 is 1.02 bits per heavy atom. The monoisotopic (exact) mass is 1700 g/mol. The van der Waals surface area contributed by atoms with Crippen molar-refractivity contribution < 1.29 is 45.3 Å². The lowest BCUT2D eigenvalue weighted by Gasteiger charge is -2.56. The molecule has 0 aliphatic carbocycles. The molecule has 6 bridgehead atoms. The summed E-state index contributed by atoms with van der Waals surface area (Å²) in [7, 11) is -1.58. The van der Waals surface area contributed by atoms with Crippen LogP contribution in [0.25, 0.3) is 49.9 Å². The van der Waals surface area contributed by atoms with E-state index in [4.69, 9.17) is 48.2 Å². The summed E-state index contributed by atoms with van der Waals surface area (Å²) in [6.45, 7) is 9.23. The molecule has 0 saturated carbocycles. The second-order valence-corrected chi connectivity index (χ2v) is 37.8. The van der Waals surface area contributed by atoms with Gasteiger partial charge in [0.25, 0.3) is 0 Å². The number of sulfone groups is 1. The molecule has 0 spiro atoms. The van der Waals surface area contributed by atoms with Crippen LogP contribution >= 0.6 is 0 Å². The first kappa shape index (κ1) is 83.2. The third kappa shape index (κ3) is 19.0. The van der Waals surface area contributed by atoms with Crippen LogP contribution in [-0.2, 0) is 50.0 Å². The molecule has 630 valence electrons. The van der Waals surface area contributed by atoms with Gasteiger partial charge in [-0.3, -0.25) is 27.9 Å². The minimum atomic E-state index is -3.05. The van der Waals surface area contributed by atoms with Crippen molar-refractivity contribution in [2.75, 3.05) is 131 Å². The number of methoxy groups -OCH3 is 3. The Balaban J connectivity index is 0.000000136. The average Bonchev–Trinajstić information content (AvgIpc) is 1.54. The molecule has 1 N–H and O–H groups in total. The summed E-state index contributed by atoms with van der Waals surface area (Å²) in [6.07, 6.45) is 30.6. The third-order valence-electron chi connectivity index (χ3n) is 23.1. The zero-order valence-electron chi connectivity index (χ0n) is 68.6. The van der Waals surface area contributed by atoms with Crippen LogP contribution in [-0.4, -0.2) is 243 Å². The predicted molar refractivity (Wildman–Crippen MR) is 462 cm³/mol. The lowest BCUT2D eigenvalue weighted by Crippen LogP contribution is -2.68. The number of hydrogen-bond donors (Lipinski definition) is 1. The molecule has 122 heavy (non-hydrogen) atoms. The van der Waals surface area contributed by atoms with Crippen LogP contribution in [0.1, 0.15) is 71.9 Å². The van der Waals surface area contributed by atoms with Crippen LogP contribution in [0.5, 0.6) is 34.9 Å². The van der Waals surface area contributed by atoms with Gasteiger partial charge >= 0.3 is 0 Å². The summed E-state index contributed by atoms with van der Waals surface area (Å²) < 4.78 is 91.7. The topological polar surface area (TPSA) is 368 Å². The number of nitrogens with zero attached hydrogens (tertiary/aromatic N) is 21. The number of nitriles is 3. The highest BCUT2D eigenvalue weighted by molar-refractivity contribution is 7.91. The number of ether oxygens (including phenoxy) is 6. The maximum atomic E-state index is 11.7. The van der Waals surface area contributed by atoms with Crippen molar-refractivity contribution in [2.24, 2.45) is 0 Å². The third-order valence-corrected chi connectivity index (χ3v) is 26.1. The van der Waals surface area contributed by atoms with E-state index < -0.39 is 30.4 Å². The molecule has 35 heteroatoms. The SMILES string of the molecule is COc1ccc(CN2C3CC2CN(c2ccc(-c4cc(OCCCS(C)(=N)=O)cn5ncc(C#N)c45)cn2)C3)cn1.COc1ccc(CN2C3CC2CN(c2ccc(-c4cc(OCCCS(C)(=O)=O)cn5ncc(C#N)c45)cn2)C3)cn1.COc1ccc(CN2C3CC2CN(c2ccc(-c4cc(OCCCS(C)=O)cn5ncc(C#N)c45)cn2)C3)cn1. The Bertz CT molecular complexity index is 5850. The van der Waals surface area contributed by atoms with E-state index in [1.807, 2.05) is 97.8 Å². The Kier molecular flexibility index (Phi) is 24.9. The normalized spacial score (nSPS) is 19.2. The second kappa shape index (κ2) is 36.5. The van der Waals surface area contributed by atoms with Gasteiger partial charge in [-0.1, -0.05) is 18.2 Å². The number of piperazine rings is 3. The first-order chi connectivity index (χ1) is 59.1. The van der Waals surface area contributed by atoms with Gasteiger partial charge in [0.1, 0.15) is 62.7 Å². The van der Waals surface area contributed by atoms with Gasteiger partial charge < -0.3 is 43.1 Å². The molecule has 12 aromatic rings. The van der Waals surface area contributed by atoms with Gasteiger partial charge in [0.15, 0.2) is 0 Å². The molecule has 8 atom stereocenters. The van der Waals surface area contributed by atoms with Crippen molar-refractivity contribution in [1.29, 1.82) is 20.6 Å². The molecule has 0 amide bonds. The minimum absolute atomic E-state index is 0.0580. The Morgan fingerprint density at radius 1 is 0.434 bits per heavy atom. The summed E-state index contributed by atoms with van der Waals surface area (Å²) in [4.78, 5) is 42.1. The smallest absolute Gasteiger partial charge is 0.212 e. The van der Waals surface area contributed by atoms with Crippen molar-refractivity contribution in [1.82, 2.24) is 73.4 Å². The largest absolute Gasteiger partial charge is 0.492 e. The zero-order chi connectivity index (χ0) is 84.8. The fourth-order valence-electron chi connectivity index (χ4n) is 17.0. The second-order valence-electron chi connectivity index (χ2n) is 31.6. The van der Waals surface area contributed by atoms with Crippen LogP contribution in [0.2, 0.25) is 0 Å². The number of rotatable bonds is 30. The van der Waals surface area contributed by atoms with Crippen molar-refractivity contribution in [3.63, 3.8) is 0 Å². The summed E-state index contributed by atoms with van der Waals surface area (Å²) in [5.41, 5.74) is 12.1. The van der Waals surface area contributed by atoms with Crippen LogP contribution in [0, 0.1) is 38.8 Å². The first-order valence-electron chi connectivity index (χ1n) is 40.3. The van der Waals surface area contributed by atoms with E-state index in [0.29, 0.717) is 137 Å². The molecular weight excluding hydrogens is 1610 g/mol. The van der Waals surface area contributed by atoms with Crippen LogP contribution in [0.3, 0.4) is 0 Å². The molecule has 9 aliphatic rings. The highest BCUT2D eigenvalue weighted by atomic mass is 32.2. The fraction of sp³-hybridized carbons (Fsp3) is 0.379. The fourth-order valence-corrected chi connectivity index (χ4v) is 18.9. The number of aromatic nitrogens is 12. The van der Waals surface area contributed by atoms with Crippen LogP contribution in [0.15, 0.2) is 165 Å². The van der Waals surface area contributed by atoms with Crippen molar-refractivity contribution in [3.8, 4) is 86.5 Å². The minimum Gasteiger partial charge on any atom is -0.492 e. The van der Waals surface area contributed by atoms with Crippen LogP contribution in [0.4, 0.5) is 17.5 Å². The summed E-state index contributed by atoms with van der Waals surface area (Å²) in [5.74, 6) is 7.40. The molecule has 21 rings (SSSR count). The average molecular weight is 1700 g/mol. The molecule has 32 nitrogen and oxygen atoms in total. The number of pyridine rings is 9. The predicted octanol–water partition coefficient (Wildman–Crippen LogP) is 9.81. The van der Waals surface area contributed by atoms with Gasteiger partial charge in [-0.25, -0.2) is 51.9 Å². The summed E-state index contributed by atoms with van der Waals surface area (Å²) >= 11 is 0. The zero-order valence-corrected chi connectivity index (χ0v) is 71.1. The highest BCUT2D eigenvalue weighted by Gasteiger charge is 2.47. The van der Waals surface area contributed by atoms with Crippen LogP contribution < -0.4 is 43.1 Å². The van der Waals surface area contributed by atoms with E-state index in [1.54, 1.807) is 72.1 Å². The molecule has 0 radical (unpaired) electrons. The maximum absolute atomic E-state index is 11.7. The number of nitrogens with one attached hydrogen (secondary N) is 1. The highest BCUT2D eigenvalue weighted by Crippen LogP contribution is 2.42. The van der Waals surface area contributed by atoms with E-state index in [1.165, 1.54) is 54.7 Å². The molecule has 12 aromatic heterocycles. The van der Waals surface area contributed by atoms with E-state index in [-0.39, 0.29) is 18.1 Å². The molecule has 8 unspecified atom stereocenters. The molecule has 21 heterocycles. The van der Waals surface area contributed by atoms with E-state index in [9.17, 15) is 32.6 Å². The molecule has 0 aromatic carbocycles. The molecular formula is C87H94N22O10S3. The number of fused-ring (bicyclic) bond motifs is 9. The van der Waals surface area contributed by atoms with Gasteiger partial charge in [0.05, 0.1) is 117 Å². The Morgan fingerprint density at radius 2 is 0.754 bits per heavy atom. The van der Waals surface area contributed by atoms with Crippen molar-refractivity contribution in [3.05, 3.63) is 199 Å². The number of piperidine rings is 3. The Labute approximate surface area is 710 Å². The van der Waals surface area contributed by atoms with Gasteiger partial charge in [0, 0.05) is 235 Å². The van der Waals surface area contributed by atoms with E-state index in [0.717, 1.165) is 115 Å². The van der Waals surface area contributed by atoms with E-state index >= 15 is 0 Å². The van der Waals surface area contributed by atoms with Gasteiger partial charge in [-0.15, -0.1) is 0 Å². The maximum Gasteiger partial charge on any atom is 0.212 e. The number of anilines is 3. The standard InChI is InChI=1S/C29H32N8O3S.C29H31N7O4S.C29H31N7O3S/c1-39-28-7-4-20(13-33-28)16-36-23-10-24(36)18-35(17-23)27-6-5-21(14-32-27)26-11-25(40-8-3-9-41(2,31)38)19-37-29(26)22(12-30)15-34-37;1-39-28-7-4-20(13-32-28)16-35-23-10-24(35)18-34(17-23)27-6-5-21(14-31-27)26-11-25(40-8-3-9-41(2,37)38)19-36-29(26)22(12-30)15-33-36;1-38-28-7-4-20(13-32-28)16-35-23-10-24(35)18-34(17-23)27-6-5-21(14-31-27)26-11-25(39-8-3-9-40(2)37)19-36-29(26)22(12-30)15-33-36/h4-7,11,13-15,19,23-24,31H,3,8-10,16-18H2,1-2H3;4-7,11,13-15,19,23-24H,3,8-10,16-18H2,1-2H3;4-7,11,13-15,19,23-24H,3,8-10,16-18H2,1-2H3. The first-order valence-corrected chi connectivity index (χ1v) is 46.3. The lowest BCUT2D eigenvalue weighted by molar-refractivity contribution is -0.00879. The Hall–Kier alpha value is -12.4. The van der Waals surface area contributed by atoms with Gasteiger partial charge in [-0.05, 0) is 110 Å². The van der Waals surface area contributed by atoms with Gasteiger partial charge in [0.2, 0.25) is 17.6 Å². The summed E-state index contributed by atoms with van der Waals surface area (Å²) in [6, 6.07) is 39.4. The van der Waals surface area contributed by atoms with E-state index in [2.05, 4.69) is 108 Å². The number of hydrogen-bond acceptors (Lipinski definition) is 29. The summed E-state index contributed by atoms with van der Waals surface area (Å²) in [5, 5.41) is 42.1. The molecule has 9 aliphatic heterocycles. The molecule has 9 saturated heterocycles. The van der Waals surface area contributed by atoms with Gasteiger partial charge in [-0.2, -0.15) is 31.1 Å². The van der Waals surface area contributed by atoms with Crippen molar-refractivity contribution in [2.45, 2.75) is 94.4 Å². The quantitative estimate of drug-likeness (QED) is 0.0409. The lowest BCUT2D eigenvalue weighted by atomic mass is 9.87.